The van der Waals surface area contributed by atoms with Crippen molar-refractivity contribution in [1.29, 1.82) is 0 Å². The second-order valence-electron chi connectivity index (χ2n) is 2.59. The summed E-state index contributed by atoms with van der Waals surface area (Å²) in [7, 11) is 0. The fourth-order valence-corrected chi connectivity index (χ4v) is 1.33. The average Bonchev–Trinajstić information content (AvgIpc) is 2.08. The van der Waals surface area contributed by atoms with Crippen LogP contribution in [0.4, 0.5) is 0 Å². The summed E-state index contributed by atoms with van der Waals surface area (Å²) in [6, 6.07) is 0. The van der Waals surface area contributed by atoms with Crippen LogP contribution in [0.15, 0.2) is 32.3 Å². The molecule has 0 atom stereocenters. The number of rotatable bonds is 0. The van der Waals surface area contributed by atoms with Crippen LogP contribution in [0.1, 0.15) is 13.8 Å². The van der Waals surface area contributed by atoms with E-state index < -0.39 is 0 Å². The van der Waals surface area contributed by atoms with E-state index in [0.717, 1.165) is 22.6 Å². The van der Waals surface area contributed by atoms with Crippen molar-refractivity contribution in [3.8, 4) is 0 Å². The van der Waals surface area contributed by atoms with Crippen molar-refractivity contribution in [2.45, 2.75) is 13.8 Å². The van der Waals surface area contributed by atoms with E-state index in [1.165, 1.54) is 0 Å². The van der Waals surface area contributed by atoms with Crippen molar-refractivity contribution in [2.75, 3.05) is 0 Å². The molecule has 0 saturated heterocycles. The minimum atomic E-state index is 0.762. The summed E-state index contributed by atoms with van der Waals surface area (Å²) in [5.74, 6) is 0. The van der Waals surface area contributed by atoms with Crippen molar-refractivity contribution < 1.29 is 0 Å². The van der Waals surface area contributed by atoms with Gasteiger partial charge >= 0.3 is 0 Å². The van der Waals surface area contributed by atoms with E-state index in [1.54, 1.807) is 0 Å². The second kappa shape index (κ2) is 3.87. The first-order valence-electron chi connectivity index (χ1n) is 3.44. The first-order valence-corrected chi connectivity index (χ1v) is 4.12. The molecule has 0 aliphatic heterocycles. The zero-order chi connectivity index (χ0) is 9.14. The van der Waals surface area contributed by atoms with Gasteiger partial charge < -0.3 is 0 Å². The van der Waals surface area contributed by atoms with Crippen molar-refractivity contribution in [2.24, 2.45) is 9.02 Å². The van der Waals surface area contributed by atoms with Crippen LogP contribution in [0.5, 0.6) is 0 Å². The largest absolute Gasteiger partial charge is 0.178 e. The van der Waals surface area contributed by atoms with Gasteiger partial charge in [0.15, 0.2) is 0 Å². The molecule has 0 amide bonds. The third-order valence-corrected chi connectivity index (χ3v) is 2.06. The molecular weight excluding hydrogens is 195 g/mol. The molecule has 0 bridgehead atoms. The summed E-state index contributed by atoms with van der Waals surface area (Å²) in [4.78, 5) is 0. The van der Waals surface area contributed by atoms with Gasteiger partial charge in [-0.05, 0) is 37.1 Å². The van der Waals surface area contributed by atoms with Crippen LogP contribution in [0.25, 0.3) is 0 Å². The third-order valence-electron chi connectivity index (χ3n) is 1.70. The standard InChI is InChI=1S/C8H8Cl2N2/c1-5-3-8(12-10)6(2)4-7(5)11-9/h3-4H,1-2H3/b11-7+,12-8+. The minimum Gasteiger partial charge on any atom is -0.178 e. The van der Waals surface area contributed by atoms with Gasteiger partial charge in [0, 0.05) is 23.6 Å². The first-order chi connectivity index (χ1) is 5.69. The van der Waals surface area contributed by atoms with Crippen LogP contribution in [0.2, 0.25) is 0 Å². The molecule has 0 unspecified atom stereocenters. The first kappa shape index (κ1) is 9.49. The quantitative estimate of drug-likeness (QED) is 0.540. The molecule has 0 spiro atoms. The van der Waals surface area contributed by atoms with Crippen molar-refractivity contribution in [3.05, 3.63) is 23.3 Å². The lowest BCUT2D eigenvalue weighted by Crippen LogP contribution is -2.09. The number of halogens is 2. The van der Waals surface area contributed by atoms with Gasteiger partial charge in [0.1, 0.15) is 0 Å². The molecule has 1 aliphatic carbocycles. The summed E-state index contributed by atoms with van der Waals surface area (Å²) < 4.78 is 7.19. The molecule has 0 fully saturated rings. The lowest BCUT2D eigenvalue weighted by Gasteiger charge is -2.09. The lowest BCUT2D eigenvalue weighted by atomic mass is 9.98. The molecule has 4 heteroatoms. The molecule has 1 aliphatic rings. The van der Waals surface area contributed by atoms with Gasteiger partial charge in [-0.25, -0.2) is 0 Å². The van der Waals surface area contributed by atoms with Gasteiger partial charge in [-0.3, -0.25) is 0 Å². The summed E-state index contributed by atoms with van der Waals surface area (Å²) in [5.41, 5.74) is 3.46. The van der Waals surface area contributed by atoms with Crippen molar-refractivity contribution in [1.82, 2.24) is 0 Å². The zero-order valence-corrected chi connectivity index (χ0v) is 8.32. The highest BCUT2D eigenvalue weighted by molar-refractivity contribution is 6.32. The second-order valence-corrected chi connectivity index (χ2v) is 2.93. The summed E-state index contributed by atoms with van der Waals surface area (Å²) in [5, 5.41) is 0. The van der Waals surface area contributed by atoms with Gasteiger partial charge in [0.05, 0.1) is 11.4 Å². The number of hydrogen-bond donors (Lipinski definition) is 0. The Morgan fingerprint density at radius 2 is 1.25 bits per heavy atom. The number of allylic oxidation sites excluding steroid dienone is 4. The highest BCUT2D eigenvalue weighted by Crippen LogP contribution is 2.14. The molecule has 0 radical (unpaired) electrons. The highest BCUT2D eigenvalue weighted by Gasteiger charge is 2.10. The lowest BCUT2D eigenvalue weighted by molar-refractivity contribution is 1.49. The van der Waals surface area contributed by atoms with Crippen LogP contribution >= 0.6 is 23.6 Å². The van der Waals surface area contributed by atoms with E-state index in [0.29, 0.717) is 0 Å². The smallest absolute Gasteiger partial charge is 0.0810 e. The molecule has 0 heterocycles. The molecule has 12 heavy (non-hydrogen) atoms. The Labute approximate surface area is 81.5 Å². The van der Waals surface area contributed by atoms with Gasteiger partial charge in [-0.2, -0.15) is 9.02 Å². The Morgan fingerprint density at radius 1 is 0.917 bits per heavy atom. The minimum absolute atomic E-state index is 0.762. The normalized spacial score (nSPS) is 24.3. The van der Waals surface area contributed by atoms with E-state index in [9.17, 15) is 0 Å². The van der Waals surface area contributed by atoms with Gasteiger partial charge in [-0.15, -0.1) is 0 Å². The maximum absolute atomic E-state index is 5.36. The Kier molecular flexibility index (Phi) is 3.06. The predicted molar refractivity (Wildman–Crippen MR) is 54.1 cm³/mol. The molecule has 1 rings (SSSR count). The molecule has 64 valence electrons. The van der Waals surface area contributed by atoms with E-state index in [4.69, 9.17) is 23.6 Å². The van der Waals surface area contributed by atoms with Crippen LogP contribution in [-0.2, 0) is 0 Å². The van der Waals surface area contributed by atoms with Crippen LogP contribution in [0.3, 0.4) is 0 Å². The molecule has 0 aromatic carbocycles. The Balaban J connectivity index is 3.11. The fourth-order valence-electron chi connectivity index (χ4n) is 0.968. The highest BCUT2D eigenvalue weighted by atomic mass is 35.5. The Hall–Kier alpha value is -0.600. The third kappa shape index (κ3) is 1.76. The molecule has 2 nitrogen and oxygen atoms in total. The monoisotopic (exact) mass is 202 g/mol. The van der Waals surface area contributed by atoms with Crippen LogP contribution in [-0.4, -0.2) is 11.4 Å². The summed E-state index contributed by atoms with van der Waals surface area (Å²) in [6.45, 7) is 3.82. The zero-order valence-electron chi connectivity index (χ0n) is 6.81. The molecule has 0 aromatic rings. The van der Waals surface area contributed by atoms with Crippen LogP contribution < -0.4 is 0 Å². The molecule has 0 N–H and O–H groups in total. The maximum atomic E-state index is 5.36. The van der Waals surface area contributed by atoms with Gasteiger partial charge in [0.2, 0.25) is 0 Å². The Morgan fingerprint density at radius 3 is 1.50 bits per heavy atom. The summed E-state index contributed by atoms with van der Waals surface area (Å²) >= 11 is 10.7. The van der Waals surface area contributed by atoms with Gasteiger partial charge in [-0.1, -0.05) is 0 Å². The van der Waals surface area contributed by atoms with E-state index in [-0.39, 0.29) is 0 Å². The topological polar surface area (TPSA) is 24.7 Å². The fraction of sp³-hybridized carbons (Fsp3) is 0.250. The summed E-state index contributed by atoms with van der Waals surface area (Å²) in [6.07, 6.45) is 3.70. The molecule has 0 saturated carbocycles. The molecular formula is C8H8Cl2N2. The van der Waals surface area contributed by atoms with Crippen LogP contribution in [0, 0.1) is 0 Å². The van der Waals surface area contributed by atoms with Crippen molar-refractivity contribution >= 4 is 35.0 Å². The Bertz CT molecular complexity index is 279. The van der Waals surface area contributed by atoms with E-state index in [2.05, 4.69) is 9.02 Å². The predicted octanol–water partition coefficient (Wildman–Crippen LogP) is 3.08. The SMILES string of the molecule is CC1=CC(=N\Cl)/C(C)=CC/1=N\Cl. The average molecular weight is 203 g/mol. The van der Waals surface area contributed by atoms with E-state index in [1.807, 2.05) is 26.0 Å². The number of nitrogens with zero attached hydrogens (tertiary/aromatic N) is 2. The van der Waals surface area contributed by atoms with Crippen molar-refractivity contribution in [3.63, 3.8) is 0 Å². The maximum Gasteiger partial charge on any atom is 0.0810 e. The number of hydrogen-bond acceptors (Lipinski definition) is 2. The molecule has 0 aromatic heterocycles. The van der Waals surface area contributed by atoms with E-state index >= 15 is 0 Å². The van der Waals surface area contributed by atoms with Gasteiger partial charge in [0.25, 0.3) is 0 Å².